The molecule has 3 unspecified atom stereocenters. The first-order chi connectivity index (χ1) is 10.7. The van der Waals surface area contributed by atoms with Crippen molar-refractivity contribution in [3.8, 4) is 0 Å². The number of nitrogens with zero attached hydrogens (tertiary/aromatic N) is 3. The van der Waals surface area contributed by atoms with Crippen molar-refractivity contribution >= 4 is 5.69 Å². The lowest BCUT2D eigenvalue weighted by Crippen LogP contribution is -2.58. The average molecular weight is 303 g/mol. The molecule has 3 atom stereocenters. The normalized spacial score (nSPS) is 31.4. The van der Waals surface area contributed by atoms with Crippen LogP contribution in [0, 0.1) is 5.92 Å². The third kappa shape index (κ3) is 3.29. The highest BCUT2D eigenvalue weighted by Gasteiger charge is 2.37. The van der Waals surface area contributed by atoms with E-state index in [0.717, 1.165) is 13.0 Å². The second kappa shape index (κ2) is 6.99. The Kier molecular flexibility index (Phi) is 5.01. The molecule has 2 aliphatic rings. The van der Waals surface area contributed by atoms with E-state index in [2.05, 4.69) is 59.0 Å². The molecule has 0 amide bonds. The van der Waals surface area contributed by atoms with Gasteiger partial charge in [0.25, 0.3) is 0 Å². The molecule has 0 saturated carbocycles. The van der Waals surface area contributed by atoms with E-state index in [1.165, 1.54) is 31.9 Å². The maximum atomic E-state index is 5.84. The predicted octanol–water partition coefficient (Wildman–Crippen LogP) is 2.12. The van der Waals surface area contributed by atoms with Crippen LogP contribution in [0.15, 0.2) is 30.3 Å². The molecule has 122 valence electrons. The van der Waals surface area contributed by atoms with Crippen molar-refractivity contribution in [2.24, 2.45) is 5.92 Å². The quantitative estimate of drug-likeness (QED) is 0.851. The molecule has 4 nitrogen and oxygen atoms in total. The number of benzene rings is 1. The van der Waals surface area contributed by atoms with E-state index < -0.39 is 0 Å². The van der Waals surface area contributed by atoms with Gasteiger partial charge < -0.3 is 14.5 Å². The zero-order chi connectivity index (χ0) is 15.5. The fourth-order valence-corrected chi connectivity index (χ4v) is 3.89. The lowest BCUT2D eigenvalue weighted by atomic mass is 9.90. The Bertz CT molecular complexity index is 459. The first-order valence-corrected chi connectivity index (χ1v) is 8.46. The van der Waals surface area contributed by atoms with Crippen molar-refractivity contribution in [1.29, 1.82) is 0 Å². The van der Waals surface area contributed by atoms with Gasteiger partial charge in [-0.1, -0.05) is 25.1 Å². The molecule has 0 spiro atoms. The Morgan fingerprint density at radius 1 is 1.05 bits per heavy atom. The summed E-state index contributed by atoms with van der Waals surface area (Å²) in [5, 5.41) is 0. The van der Waals surface area contributed by atoms with E-state index in [1.807, 2.05) is 7.11 Å². The molecule has 2 fully saturated rings. The molecule has 2 heterocycles. The number of ether oxygens (including phenoxy) is 1. The lowest BCUT2D eigenvalue weighted by Gasteiger charge is -2.49. The van der Waals surface area contributed by atoms with Crippen molar-refractivity contribution in [3.63, 3.8) is 0 Å². The number of likely N-dealkylation sites (N-methyl/N-ethyl adjacent to an activating group) is 1. The minimum absolute atomic E-state index is 0.184. The number of rotatable bonds is 3. The molecule has 0 aliphatic carbocycles. The van der Waals surface area contributed by atoms with Gasteiger partial charge in [-0.15, -0.1) is 0 Å². The molecule has 0 radical (unpaired) electrons. The summed E-state index contributed by atoms with van der Waals surface area (Å²) < 4.78 is 5.84. The van der Waals surface area contributed by atoms with Gasteiger partial charge in [-0.2, -0.15) is 0 Å². The molecule has 2 aliphatic heterocycles. The van der Waals surface area contributed by atoms with Crippen LogP contribution in [0.1, 0.15) is 13.3 Å². The van der Waals surface area contributed by atoms with Crippen molar-refractivity contribution in [3.05, 3.63) is 30.3 Å². The average Bonchev–Trinajstić information content (AvgIpc) is 2.56. The van der Waals surface area contributed by atoms with E-state index in [9.17, 15) is 0 Å². The Hall–Kier alpha value is -1.10. The zero-order valence-corrected chi connectivity index (χ0v) is 14.1. The van der Waals surface area contributed by atoms with Crippen LogP contribution in [-0.4, -0.2) is 69.0 Å². The molecule has 0 bridgehead atoms. The largest absolute Gasteiger partial charge is 0.362 e. The van der Waals surface area contributed by atoms with Crippen LogP contribution in [0.2, 0.25) is 0 Å². The van der Waals surface area contributed by atoms with E-state index in [0.29, 0.717) is 12.0 Å². The van der Waals surface area contributed by atoms with Gasteiger partial charge in [0.15, 0.2) is 0 Å². The molecule has 0 aromatic heterocycles. The number of hydrogen-bond donors (Lipinski definition) is 0. The van der Waals surface area contributed by atoms with Gasteiger partial charge in [0, 0.05) is 58.0 Å². The van der Waals surface area contributed by atoms with E-state index in [1.54, 1.807) is 0 Å². The standard InChI is InChI=1S/C18H29N3O/c1-15-14-21(16-7-5-4-6-8-16)18(22-3)13-17(15)20-11-9-19(2)10-12-20/h4-8,15,17-18H,9-14H2,1-3H3. The zero-order valence-electron chi connectivity index (χ0n) is 14.1. The number of anilines is 1. The first kappa shape index (κ1) is 15.8. The van der Waals surface area contributed by atoms with E-state index >= 15 is 0 Å². The minimum Gasteiger partial charge on any atom is -0.362 e. The third-order valence-corrected chi connectivity index (χ3v) is 5.30. The third-order valence-electron chi connectivity index (χ3n) is 5.30. The molecule has 4 heteroatoms. The summed E-state index contributed by atoms with van der Waals surface area (Å²) in [6.07, 6.45) is 1.28. The van der Waals surface area contributed by atoms with Crippen LogP contribution < -0.4 is 4.90 Å². The van der Waals surface area contributed by atoms with E-state index in [-0.39, 0.29) is 6.23 Å². The topological polar surface area (TPSA) is 19.0 Å². The van der Waals surface area contributed by atoms with Gasteiger partial charge in [0.1, 0.15) is 6.23 Å². The van der Waals surface area contributed by atoms with Crippen molar-refractivity contribution in [2.45, 2.75) is 25.6 Å². The van der Waals surface area contributed by atoms with Crippen LogP contribution >= 0.6 is 0 Å². The molecular weight excluding hydrogens is 274 g/mol. The van der Waals surface area contributed by atoms with E-state index in [4.69, 9.17) is 4.74 Å². The fraction of sp³-hybridized carbons (Fsp3) is 0.667. The maximum Gasteiger partial charge on any atom is 0.131 e. The number of methoxy groups -OCH3 is 1. The maximum absolute atomic E-state index is 5.84. The molecule has 2 saturated heterocycles. The number of piperidine rings is 1. The van der Waals surface area contributed by atoms with Crippen LogP contribution in [0.25, 0.3) is 0 Å². The van der Waals surface area contributed by atoms with Crippen LogP contribution in [0.3, 0.4) is 0 Å². The lowest BCUT2D eigenvalue weighted by molar-refractivity contribution is 0.00185. The summed E-state index contributed by atoms with van der Waals surface area (Å²) in [5.41, 5.74) is 1.28. The smallest absolute Gasteiger partial charge is 0.131 e. The van der Waals surface area contributed by atoms with Crippen molar-refractivity contribution in [2.75, 3.05) is 51.8 Å². The van der Waals surface area contributed by atoms with Gasteiger partial charge in [0.05, 0.1) is 0 Å². The molecule has 22 heavy (non-hydrogen) atoms. The number of para-hydroxylation sites is 1. The van der Waals surface area contributed by atoms with Crippen LogP contribution in [0.5, 0.6) is 0 Å². The van der Waals surface area contributed by atoms with Gasteiger partial charge in [-0.25, -0.2) is 0 Å². The summed E-state index contributed by atoms with van der Waals surface area (Å²) >= 11 is 0. The molecule has 1 aromatic carbocycles. The summed E-state index contributed by atoms with van der Waals surface area (Å²) in [7, 11) is 4.06. The second-order valence-electron chi connectivity index (χ2n) is 6.80. The van der Waals surface area contributed by atoms with Gasteiger partial charge in [0.2, 0.25) is 0 Å². The van der Waals surface area contributed by atoms with Gasteiger partial charge in [-0.05, 0) is 25.1 Å². The Morgan fingerprint density at radius 3 is 2.36 bits per heavy atom. The molecule has 1 aromatic rings. The Balaban J connectivity index is 1.71. The highest BCUT2D eigenvalue weighted by atomic mass is 16.5. The first-order valence-electron chi connectivity index (χ1n) is 8.46. The van der Waals surface area contributed by atoms with Crippen LogP contribution in [-0.2, 0) is 4.74 Å². The second-order valence-corrected chi connectivity index (χ2v) is 6.80. The van der Waals surface area contributed by atoms with Crippen LogP contribution in [0.4, 0.5) is 5.69 Å². The van der Waals surface area contributed by atoms with Crippen molar-refractivity contribution < 1.29 is 4.74 Å². The summed E-state index contributed by atoms with van der Waals surface area (Å²) in [6.45, 7) is 8.21. The molecular formula is C18H29N3O. The number of piperazine rings is 1. The highest BCUT2D eigenvalue weighted by molar-refractivity contribution is 5.47. The Morgan fingerprint density at radius 2 is 1.73 bits per heavy atom. The van der Waals surface area contributed by atoms with Gasteiger partial charge >= 0.3 is 0 Å². The number of hydrogen-bond acceptors (Lipinski definition) is 4. The minimum atomic E-state index is 0.184. The van der Waals surface area contributed by atoms with Crippen molar-refractivity contribution in [1.82, 2.24) is 9.80 Å². The fourth-order valence-electron chi connectivity index (χ4n) is 3.89. The summed E-state index contributed by atoms with van der Waals surface area (Å²) in [5.74, 6) is 0.662. The summed E-state index contributed by atoms with van der Waals surface area (Å²) in [4.78, 5) is 7.53. The Labute approximate surface area is 134 Å². The molecule has 3 rings (SSSR count). The highest BCUT2D eigenvalue weighted by Crippen LogP contribution is 2.31. The SMILES string of the molecule is COC1CC(N2CCN(C)CC2)C(C)CN1c1ccccc1. The monoisotopic (exact) mass is 303 g/mol. The van der Waals surface area contributed by atoms with Gasteiger partial charge in [-0.3, -0.25) is 4.90 Å². The summed E-state index contributed by atoms with van der Waals surface area (Å²) in [6, 6.07) is 11.3. The predicted molar refractivity (Wildman–Crippen MR) is 91.2 cm³/mol. The molecule has 0 N–H and O–H groups in total.